The van der Waals surface area contributed by atoms with Crippen LogP contribution < -0.4 is 5.32 Å². The van der Waals surface area contributed by atoms with E-state index in [1.54, 1.807) is 10.9 Å². The zero-order chi connectivity index (χ0) is 13.0. The first kappa shape index (κ1) is 13.1. The summed E-state index contributed by atoms with van der Waals surface area (Å²) in [6.07, 6.45) is 2.67. The molecule has 0 saturated carbocycles. The Morgan fingerprint density at radius 2 is 2.28 bits per heavy atom. The first-order valence-electron chi connectivity index (χ1n) is 6.03. The van der Waals surface area contributed by atoms with E-state index >= 15 is 0 Å². The molecule has 0 aliphatic heterocycles. The van der Waals surface area contributed by atoms with Gasteiger partial charge in [0, 0.05) is 12.1 Å². The highest BCUT2D eigenvalue weighted by molar-refractivity contribution is 6.30. The fraction of sp³-hybridized carbons (Fsp3) is 0.385. The second kappa shape index (κ2) is 5.98. The molecule has 1 atom stereocenters. The number of hydrogen-bond acceptors (Lipinski definition) is 3. The van der Waals surface area contributed by atoms with Crippen LogP contribution in [0.4, 0.5) is 0 Å². The average molecular weight is 265 g/mol. The van der Waals surface area contributed by atoms with Gasteiger partial charge in [-0.3, -0.25) is 4.68 Å². The van der Waals surface area contributed by atoms with Crippen LogP contribution in [0.15, 0.2) is 30.5 Å². The Kier molecular flexibility index (Phi) is 4.33. The summed E-state index contributed by atoms with van der Waals surface area (Å²) in [4.78, 5) is 0. The van der Waals surface area contributed by atoms with Crippen molar-refractivity contribution in [3.63, 3.8) is 0 Å². The van der Waals surface area contributed by atoms with Crippen molar-refractivity contribution >= 4 is 11.6 Å². The molecule has 0 spiro atoms. The molecule has 2 aromatic rings. The predicted molar refractivity (Wildman–Crippen MR) is 72.6 cm³/mol. The van der Waals surface area contributed by atoms with Crippen molar-refractivity contribution in [1.82, 2.24) is 20.3 Å². The van der Waals surface area contributed by atoms with Gasteiger partial charge >= 0.3 is 0 Å². The van der Waals surface area contributed by atoms with Crippen LogP contribution in [0.1, 0.15) is 24.2 Å². The number of rotatable bonds is 5. The van der Waals surface area contributed by atoms with Crippen LogP contribution in [-0.4, -0.2) is 21.5 Å². The van der Waals surface area contributed by atoms with Crippen LogP contribution >= 0.6 is 11.6 Å². The Labute approximate surface area is 112 Å². The molecule has 4 nitrogen and oxygen atoms in total. The molecule has 0 amide bonds. The summed E-state index contributed by atoms with van der Waals surface area (Å²) in [5.74, 6) is 0. The molecule has 0 fully saturated rings. The Morgan fingerprint density at radius 1 is 1.44 bits per heavy atom. The summed E-state index contributed by atoms with van der Waals surface area (Å²) >= 11 is 6.01. The molecular formula is C13H17ClN4. The van der Waals surface area contributed by atoms with Crippen molar-refractivity contribution in [2.45, 2.75) is 19.4 Å². The van der Waals surface area contributed by atoms with Gasteiger partial charge in [-0.1, -0.05) is 35.9 Å². The first-order valence-corrected chi connectivity index (χ1v) is 6.41. The van der Waals surface area contributed by atoms with Gasteiger partial charge in [0.05, 0.1) is 17.9 Å². The van der Waals surface area contributed by atoms with Crippen LogP contribution in [0, 0.1) is 0 Å². The molecule has 5 heteroatoms. The lowest BCUT2D eigenvalue weighted by molar-refractivity contribution is 0.506. The molecule has 0 radical (unpaired) electrons. The van der Waals surface area contributed by atoms with Crippen molar-refractivity contribution in [3.8, 4) is 0 Å². The van der Waals surface area contributed by atoms with Crippen molar-refractivity contribution in [2.75, 3.05) is 6.54 Å². The molecule has 18 heavy (non-hydrogen) atoms. The topological polar surface area (TPSA) is 42.7 Å². The molecule has 0 aliphatic rings. The minimum atomic E-state index is 0.202. The van der Waals surface area contributed by atoms with E-state index in [-0.39, 0.29) is 6.04 Å². The third kappa shape index (κ3) is 3.09. The lowest BCUT2D eigenvalue weighted by Gasteiger charge is -2.17. The summed E-state index contributed by atoms with van der Waals surface area (Å²) in [5.41, 5.74) is 2.28. The molecule has 1 heterocycles. The molecule has 1 unspecified atom stereocenters. The van der Waals surface area contributed by atoms with E-state index in [0.717, 1.165) is 23.7 Å². The summed E-state index contributed by atoms with van der Waals surface area (Å²) in [7, 11) is 1.91. The fourth-order valence-electron chi connectivity index (χ4n) is 2.04. The number of nitrogens with one attached hydrogen (secondary N) is 1. The third-order valence-electron chi connectivity index (χ3n) is 2.89. The quantitative estimate of drug-likeness (QED) is 0.902. The second-order valence-corrected chi connectivity index (χ2v) is 4.66. The Hall–Kier alpha value is -1.39. The summed E-state index contributed by atoms with van der Waals surface area (Å²) < 4.78 is 1.80. The first-order chi connectivity index (χ1) is 8.70. The number of halogens is 1. The largest absolute Gasteiger partial charge is 0.309 e. The highest BCUT2D eigenvalue weighted by atomic mass is 35.5. The molecule has 2 rings (SSSR count). The molecule has 0 saturated heterocycles. The standard InChI is InChI=1S/C13H17ClN4/c1-3-15-12(13-9-16-17-18(13)2)8-10-5-4-6-11(14)7-10/h4-7,9,12,15H,3,8H2,1-2H3. The van der Waals surface area contributed by atoms with Crippen LogP contribution in [-0.2, 0) is 13.5 Å². The molecular weight excluding hydrogens is 248 g/mol. The van der Waals surface area contributed by atoms with Gasteiger partial charge in [-0.15, -0.1) is 5.10 Å². The van der Waals surface area contributed by atoms with Gasteiger partial charge < -0.3 is 5.32 Å². The van der Waals surface area contributed by atoms with Crippen molar-refractivity contribution in [2.24, 2.45) is 7.05 Å². The van der Waals surface area contributed by atoms with E-state index in [2.05, 4.69) is 28.6 Å². The smallest absolute Gasteiger partial charge is 0.0756 e. The van der Waals surface area contributed by atoms with E-state index in [0.29, 0.717) is 0 Å². The number of aromatic nitrogens is 3. The van der Waals surface area contributed by atoms with E-state index in [1.165, 1.54) is 5.56 Å². The van der Waals surface area contributed by atoms with Crippen LogP contribution in [0.5, 0.6) is 0 Å². The van der Waals surface area contributed by atoms with E-state index in [4.69, 9.17) is 11.6 Å². The second-order valence-electron chi connectivity index (χ2n) is 4.23. The normalized spacial score (nSPS) is 12.6. The highest BCUT2D eigenvalue weighted by Crippen LogP contribution is 2.19. The minimum Gasteiger partial charge on any atom is -0.309 e. The zero-order valence-corrected chi connectivity index (χ0v) is 11.4. The number of nitrogens with zero attached hydrogens (tertiary/aromatic N) is 3. The number of aryl methyl sites for hydroxylation is 1. The van der Waals surface area contributed by atoms with Gasteiger partial charge in [0.15, 0.2) is 0 Å². The summed E-state index contributed by atoms with van der Waals surface area (Å²) in [6.45, 7) is 2.99. The van der Waals surface area contributed by atoms with Crippen LogP contribution in [0.25, 0.3) is 0 Å². The molecule has 1 aromatic heterocycles. The van der Waals surface area contributed by atoms with E-state index in [9.17, 15) is 0 Å². The predicted octanol–water partition coefficient (Wildman–Crippen LogP) is 2.36. The van der Waals surface area contributed by atoms with E-state index < -0.39 is 0 Å². The van der Waals surface area contributed by atoms with Crippen molar-refractivity contribution in [1.29, 1.82) is 0 Å². The van der Waals surface area contributed by atoms with Gasteiger partial charge in [0.1, 0.15) is 0 Å². The fourth-order valence-corrected chi connectivity index (χ4v) is 2.25. The molecule has 1 aromatic carbocycles. The maximum atomic E-state index is 6.01. The molecule has 1 N–H and O–H groups in total. The van der Waals surface area contributed by atoms with Crippen molar-refractivity contribution < 1.29 is 0 Å². The lowest BCUT2D eigenvalue weighted by Crippen LogP contribution is -2.25. The minimum absolute atomic E-state index is 0.202. The number of benzene rings is 1. The van der Waals surface area contributed by atoms with Gasteiger partial charge in [-0.2, -0.15) is 0 Å². The number of likely N-dealkylation sites (N-methyl/N-ethyl adjacent to an activating group) is 1. The summed E-state index contributed by atoms with van der Waals surface area (Å²) in [6, 6.07) is 8.14. The maximum absolute atomic E-state index is 6.01. The SMILES string of the molecule is CCNC(Cc1cccc(Cl)c1)c1cnnn1C. The van der Waals surface area contributed by atoms with Crippen molar-refractivity contribution in [3.05, 3.63) is 46.7 Å². The molecule has 0 bridgehead atoms. The van der Waals surface area contributed by atoms with Crippen LogP contribution in [0.2, 0.25) is 5.02 Å². The Bertz CT molecular complexity index is 509. The lowest BCUT2D eigenvalue weighted by atomic mass is 10.0. The Morgan fingerprint density at radius 3 is 2.89 bits per heavy atom. The summed E-state index contributed by atoms with van der Waals surface area (Å²) in [5, 5.41) is 12.1. The molecule has 0 aliphatic carbocycles. The zero-order valence-electron chi connectivity index (χ0n) is 10.6. The van der Waals surface area contributed by atoms with Gasteiger partial charge in [0.2, 0.25) is 0 Å². The van der Waals surface area contributed by atoms with Gasteiger partial charge in [-0.25, -0.2) is 0 Å². The average Bonchev–Trinajstić information content (AvgIpc) is 2.75. The number of hydrogen-bond donors (Lipinski definition) is 1. The van der Waals surface area contributed by atoms with Gasteiger partial charge in [-0.05, 0) is 30.7 Å². The highest BCUT2D eigenvalue weighted by Gasteiger charge is 2.15. The maximum Gasteiger partial charge on any atom is 0.0756 e. The van der Waals surface area contributed by atoms with E-state index in [1.807, 2.05) is 25.2 Å². The Balaban J connectivity index is 2.19. The molecule has 96 valence electrons. The van der Waals surface area contributed by atoms with Crippen LogP contribution in [0.3, 0.4) is 0 Å². The monoisotopic (exact) mass is 264 g/mol. The third-order valence-corrected chi connectivity index (χ3v) is 3.12. The van der Waals surface area contributed by atoms with Gasteiger partial charge in [0.25, 0.3) is 0 Å².